The fourth-order valence-corrected chi connectivity index (χ4v) is 4.16. The van der Waals surface area contributed by atoms with E-state index >= 15 is 0 Å². The molecule has 29 heavy (non-hydrogen) atoms. The van der Waals surface area contributed by atoms with Gasteiger partial charge in [0.1, 0.15) is 0 Å². The van der Waals surface area contributed by atoms with Gasteiger partial charge >= 0.3 is 0 Å². The third kappa shape index (κ3) is 4.01. The molecule has 0 radical (unpaired) electrons. The van der Waals surface area contributed by atoms with Crippen LogP contribution in [0, 0.1) is 5.92 Å². The van der Waals surface area contributed by atoms with E-state index in [9.17, 15) is 14.4 Å². The number of anilines is 1. The van der Waals surface area contributed by atoms with Crippen molar-refractivity contribution in [3.63, 3.8) is 0 Å². The summed E-state index contributed by atoms with van der Waals surface area (Å²) in [4.78, 5) is 38.6. The van der Waals surface area contributed by atoms with Gasteiger partial charge < -0.3 is 15.5 Å². The SMILES string of the molecule is CNC(=O)c1cccc(CNC(=O)C2CC(=O)N(c3ccc4c(c3)CCC4)C2)c1. The Morgan fingerprint density at radius 3 is 2.76 bits per heavy atom. The van der Waals surface area contributed by atoms with Gasteiger partial charge in [0, 0.05) is 37.8 Å². The topological polar surface area (TPSA) is 78.5 Å². The van der Waals surface area contributed by atoms with Crippen molar-refractivity contribution in [2.75, 3.05) is 18.5 Å². The summed E-state index contributed by atoms with van der Waals surface area (Å²) in [6, 6.07) is 13.4. The number of amides is 3. The lowest BCUT2D eigenvalue weighted by atomic mass is 10.1. The Balaban J connectivity index is 1.38. The number of hydrogen-bond donors (Lipinski definition) is 2. The quantitative estimate of drug-likeness (QED) is 0.820. The van der Waals surface area contributed by atoms with Crippen LogP contribution in [0.3, 0.4) is 0 Å². The molecule has 4 rings (SSSR count). The van der Waals surface area contributed by atoms with Crippen LogP contribution in [0.4, 0.5) is 5.69 Å². The van der Waals surface area contributed by atoms with Gasteiger partial charge in [-0.05, 0) is 60.2 Å². The van der Waals surface area contributed by atoms with Crippen molar-refractivity contribution in [3.8, 4) is 0 Å². The number of nitrogens with one attached hydrogen (secondary N) is 2. The highest BCUT2D eigenvalue weighted by Gasteiger charge is 2.35. The van der Waals surface area contributed by atoms with Crippen molar-refractivity contribution in [1.29, 1.82) is 0 Å². The lowest BCUT2D eigenvalue weighted by Crippen LogP contribution is -2.32. The minimum absolute atomic E-state index is 0.00953. The monoisotopic (exact) mass is 391 g/mol. The zero-order valence-electron chi connectivity index (χ0n) is 16.5. The molecular formula is C23H25N3O3. The van der Waals surface area contributed by atoms with E-state index < -0.39 is 0 Å². The van der Waals surface area contributed by atoms with E-state index in [2.05, 4.69) is 22.8 Å². The number of rotatable bonds is 5. The minimum atomic E-state index is -0.363. The summed E-state index contributed by atoms with van der Waals surface area (Å²) in [7, 11) is 1.58. The molecule has 0 spiro atoms. The Labute approximate surface area is 170 Å². The van der Waals surface area contributed by atoms with Gasteiger partial charge in [-0.25, -0.2) is 0 Å². The molecule has 2 aromatic rings. The van der Waals surface area contributed by atoms with E-state index in [4.69, 9.17) is 0 Å². The van der Waals surface area contributed by atoms with E-state index in [1.807, 2.05) is 12.1 Å². The molecule has 0 aromatic heterocycles. The van der Waals surface area contributed by atoms with Crippen molar-refractivity contribution >= 4 is 23.4 Å². The van der Waals surface area contributed by atoms with Gasteiger partial charge in [0.05, 0.1) is 5.92 Å². The van der Waals surface area contributed by atoms with Gasteiger partial charge in [0.2, 0.25) is 11.8 Å². The molecule has 2 N–H and O–H groups in total. The minimum Gasteiger partial charge on any atom is -0.355 e. The number of hydrogen-bond acceptors (Lipinski definition) is 3. The fourth-order valence-electron chi connectivity index (χ4n) is 4.16. The van der Waals surface area contributed by atoms with E-state index in [-0.39, 0.29) is 30.1 Å². The number of carbonyl (C=O) groups is 3. The van der Waals surface area contributed by atoms with Gasteiger partial charge in [-0.2, -0.15) is 0 Å². The zero-order chi connectivity index (χ0) is 20.4. The molecule has 150 valence electrons. The number of nitrogens with zero attached hydrogens (tertiary/aromatic N) is 1. The molecule has 1 unspecified atom stereocenters. The molecule has 1 heterocycles. The first kappa shape index (κ1) is 19.2. The molecule has 2 aromatic carbocycles. The summed E-state index contributed by atoms with van der Waals surface area (Å²) in [6.07, 6.45) is 3.56. The predicted molar refractivity (Wildman–Crippen MR) is 111 cm³/mol. The van der Waals surface area contributed by atoms with Crippen molar-refractivity contribution in [3.05, 3.63) is 64.7 Å². The molecule has 1 aliphatic carbocycles. The van der Waals surface area contributed by atoms with Crippen LogP contribution in [-0.2, 0) is 29.0 Å². The van der Waals surface area contributed by atoms with Crippen LogP contribution in [0.15, 0.2) is 42.5 Å². The van der Waals surface area contributed by atoms with E-state index in [0.717, 1.165) is 24.1 Å². The van der Waals surface area contributed by atoms with E-state index in [1.54, 1.807) is 30.1 Å². The first-order valence-electron chi connectivity index (χ1n) is 10.1. The van der Waals surface area contributed by atoms with E-state index in [0.29, 0.717) is 18.7 Å². The van der Waals surface area contributed by atoms with Crippen LogP contribution in [0.1, 0.15) is 39.9 Å². The standard InChI is InChI=1S/C23H25N3O3/c1-24-22(28)18-7-2-4-15(10-18)13-25-23(29)19-12-21(27)26(14-19)20-9-8-16-5-3-6-17(16)11-20/h2,4,7-11,19H,3,5-6,12-14H2,1H3,(H,24,28)(H,25,29). The summed E-state index contributed by atoms with van der Waals surface area (Å²) in [5.74, 6) is -0.667. The molecule has 0 bridgehead atoms. The second-order valence-electron chi connectivity index (χ2n) is 7.71. The second-order valence-corrected chi connectivity index (χ2v) is 7.71. The Hall–Kier alpha value is -3.15. The summed E-state index contributed by atoms with van der Waals surface area (Å²) in [6.45, 7) is 0.731. The average Bonchev–Trinajstić information content (AvgIpc) is 3.37. The lowest BCUT2D eigenvalue weighted by Gasteiger charge is -2.18. The number of benzene rings is 2. The number of carbonyl (C=O) groups excluding carboxylic acids is 3. The van der Waals surface area contributed by atoms with Gasteiger partial charge in [-0.1, -0.05) is 18.2 Å². The van der Waals surface area contributed by atoms with Crippen molar-refractivity contribution in [2.24, 2.45) is 5.92 Å². The van der Waals surface area contributed by atoms with Crippen LogP contribution in [-0.4, -0.2) is 31.3 Å². The fraction of sp³-hybridized carbons (Fsp3) is 0.348. The summed E-state index contributed by atoms with van der Waals surface area (Å²) in [5, 5.41) is 5.50. The van der Waals surface area contributed by atoms with Crippen molar-refractivity contribution < 1.29 is 14.4 Å². The molecule has 0 saturated carbocycles. The van der Waals surface area contributed by atoms with E-state index in [1.165, 1.54) is 17.5 Å². The highest BCUT2D eigenvalue weighted by molar-refractivity contribution is 6.00. The lowest BCUT2D eigenvalue weighted by molar-refractivity contribution is -0.126. The molecule has 1 fully saturated rings. The van der Waals surface area contributed by atoms with Gasteiger partial charge in [-0.3, -0.25) is 14.4 Å². The first-order valence-corrected chi connectivity index (χ1v) is 10.1. The smallest absolute Gasteiger partial charge is 0.251 e. The average molecular weight is 391 g/mol. The maximum Gasteiger partial charge on any atom is 0.251 e. The third-order valence-corrected chi connectivity index (χ3v) is 5.77. The summed E-state index contributed by atoms with van der Waals surface area (Å²) < 4.78 is 0. The predicted octanol–water partition coefficient (Wildman–Crippen LogP) is 2.20. The number of fused-ring (bicyclic) bond motifs is 1. The third-order valence-electron chi connectivity index (χ3n) is 5.77. The molecule has 2 aliphatic rings. The van der Waals surface area contributed by atoms with Crippen LogP contribution in [0.2, 0.25) is 0 Å². The Morgan fingerprint density at radius 1 is 1.10 bits per heavy atom. The summed E-state index contributed by atoms with van der Waals surface area (Å²) >= 11 is 0. The molecule has 1 atom stereocenters. The Kier molecular flexibility index (Phi) is 5.34. The number of aryl methyl sites for hydroxylation is 2. The second kappa shape index (κ2) is 8.07. The normalized spacial score (nSPS) is 17.9. The highest BCUT2D eigenvalue weighted by atomic mass is 16.2. The molecular weight excluding hydrogens is 366 g/mol. The molecule has 3 amide bonds. The van der Waals surface area contributed by atoms with Crippen molar-refractivity contribution in [2.45, 2.75) is 32.2 Å². The maximum absolute atomic E-state index is 12.6. The zero-order valence-corrected chi connectivity index (χ0v) is 16.5. The van der Waals surface area contributed by atoms with Crippen LogP contribution < -0.4 is 15.5 Å². The van der Waals surface area contributed by atoms with Gasteiger partial charge in [0.15, 0.2) is 0 Å². The van der Waals surface area contributed by atoms with Crippen molar-refractivity contribution in [1.82, 2.24) is 10.6 Å². The van der Waals surface area contributed by atoms with Gasteiger partial charge in [0.25, 0.3) is 5.91 Å². The molecule has 1 aliphatic heterocycles. The van der Waals surface area contributed by atoms with Gasteiger partial charge in [-0.15, -0.1) is 0 Å². The molecule has 6 heteroatoms. The van der Waals surface area contributed by atoms with Crippen LogP contribution in [0.25, 0.3) is 0 Å². The molecule has 6 nitrogen and oxygen atoms in total. The first-order chi connectivity index (χ1) is 14.0. The Bertz CT molecular complexity index is 970. The molecule has 1 saturated heterocycles. The highest BCUT2D eigenvalue weighted by Crippen LogP contribution is 2.30. The van der Waals surface area contributed by atoms with Crippen LogP contribution in [0.5, 0.6) is 0 Å². The Morgan fingerprint density at radius 2 is 1.93 bits per heavy atom. The maximum atomic E-state index is 12.6. The largest absolute Gasteiger partial charge is 0.355 e. The van der Waals surface area contributed by atoms with Crippen LogP contribution >= 0.6 is 0 Å². The summed E-state index contributed by atoms with van der Waals surface area (Å²) in [5.41, 5.74) is 4.98.